The van der Waals surface area contributed by atoms with Crippen LogP contribution in [0.2, 0.25) is 0 Å². The van der Waals surface area contributed by atoms with Gasteiger partial charge in [0.15, 0.2) is 0 Å². The molecule has 2 heteroatoms. The highest BCUT2D eigenvalue weighted by molar-refractivity contribution is 4.01. The first-order chi connectivity index (χ1) is 1.73. The van der Waals surface area contributed by atoms with Crippen LogP contribution >= 0.6 is 0 Å². The molecule has 0 rings (SSSR count). The van der Waals surface area contributed by atoms with Crippen LogP contribution in [0.25, 0.3) is 0 Å². The first-order valence-electron chi connectivity index (χ1n) is 1.15. The summed E-state index contributed by atoms with van der Waals surface area (Å²) >= 11 is 0. The molecule has 2 N–H and O–H groups in total. The van der Waals surface area contributed by atoms with E-state index in [1.165, 1.54) is 5.01 Å². The maximum absolute atomic E-state index is 4.94. The molecule has 0 aromatic carbocycles. The number of nitrogens with two attached hydrogens (primary N) is 1. The van der Waals surface area contributed by atoms with Crippen molar-refractivity contribution in [3.63, 3.8) is 0 Å². The molecule has 0 bridgehead atoms. The summed E-state index contributed by atoms with van der Waals surface area (Å²) in [6.45, 7) is 0. The van der Waals surface area contributed by atoms with Crippen LogP contribution in [0.1, 0.15) is 7.43 Å². The van der Waals surface area contributed by atoms with Gasteiger partial charge in [-0.2, -0.15) is 0 Å². The lowest BCUT2D eigenvalue weighted by atomic mass is 11.2. The van der Waals surface area contributed by atoms with E-state index >= 15 is 0 Å². The molecule has 0 aliphatic heterocycles. The summed E-state index contributed by atoms with van der Waals surface area (Å²) in [5, 5.41) is 1.50. The molecule has 0 amide bonds. The first kappa shape index (κ1) is 8.87. The molecule has 0 aromatic heterocycles. The zero-order valence-electron chi connectivity index (χ0n) is 3.02. The van der Waals surface area contributed by atoms with E-state index in [2.05, 4.69) is 0 Å². The minimum atomic E-state index is 0. The van der Waals surface area contributed by atoms with E-state index in [0.29, 0.717) is 0 Å². The van der Waals surface area contributed by atoms with Crippen LogP contribution in [0.15, 0.2) is 0 Å². The summed E-state index contributed by atoms with van der Waals surface area (Å²) in [7, 11) is 3.56. The molecule has 0 spiro atoms. The number of hydrogen-bond donors (Lipinski definition) is 1. The lowest BCUT2D eigenvalue weighted by Gasteiger charge is -1.91. The largest absolute Gasteiger partial charge is 0.269 e. The zero-order chi connectivity index (χ0) is 3.58. The molecule has 0 aromatic rings. The molecule has 0 atom stereocenters. The van der Waals surface area contributed by atoms with Crippen molar-refractivity contribution in [1.29, 1.82) is 0 Å². The van der Waals surface area contributed by atoms with Crippen LogP contribution in [0.5, 0.6) is 0 Å². The molecular weight excluding hydrogens is 64.0 g/mol. The third-order valence-electron chi connectivity index (χ3n) is 0. The van der Waals surface area contributed by atoms with Crippen molar-refractivity contribution >= 4 is 0 Å². The van der Waals surface area contributed by atoms with Gasteiger partial charge in [0, 0.05) is 14.1 Å². The molecule has 0 aliphatic rings. The predicted octanol–water partition coefficient (Wildman–Crippen LogP) is 0.0578. The van der Waals surface area contributed by atoms with Gasteiger partial charge in [-0.05, 0) is 0 Å². The highest BCUT2D eigenvalue weighted by Gasteiger charge is 1.57. The number of hydrogen-bond acceptors (Lipinski definition) is 2. The van der Waals surface area contributed by atoms with Crippen LogP contribution in [0.4, 0.5) is 0 Å². The molecule has 0 heterocycles. The van der Waals surface area contributed by atoms with Crippen LogP contribution in [-0.4, -0.2) is 19.1 Å². The number of hydrazine groups is 1. The summed E-state index contributed by atoms with van der Waals surface area (Å²) < 4.78 is 0. The van der Waals surface area contributed by atoms with E-state index in [9.17, 15) is 0 Å². The number of rotatable bonds is 0. The minimum Gasteiger partial charge on any atom is -0.269 e. The highest BCUT2D eigenvalue weighted by Crippen LogP contribution is 1.37. The third kappa shape index (κ3) is 2260. The van der Waals surface area contributed by atoms with Crippen LogP contribution < -0.4 is 5.84 Å². The second-order valence-electron chi connectivity index (χ2n) is 0.964. The lowest BCUT2D eigenvalue weighted by Crippen LogP contribution is -2.18. The van der Waals surface area contributed by atoms with E-state index in [-0.39, 0.29) is 7.43 Å². The summed E-state index contributed by atoms with van der Waals surface area (Å²) in [6.07, 6.45) is 0. The Labute approximate surface area is 33.5 Å². The van der Waals surface area contributed by atoms with E-state index in [0.717, 1.165) is 0 Å². The summed E-state index contributed by atoms with van der Waals surface area (Å²) in [5.74, 6) is 4.94. The highest BCUT2D eigenvalue weighted by atomic mass is 15.4. The Kier molecular flexibility index (Phi) is 6.95. The topological polar surface area (TPSA) is 29.3 Å². The Balaban J connectivity index is 0. The quantitative estimate of drug-likeness (QED) is 0.326. The monoisotopic (exact) mass is 76.1 g/mol. The van der Waals surface area contributed by atoms with Gasteiger partial charge in [0.25, 0.3) is 0 Å². The lowest BCUT2D eigenvalue weighted by molar-refractivity contribution is 0.432. The molecule has 0 saturated carbocycles. The molecule has 0 fully saturated rings. The standard InChI is InChI=1S/C2H8N2.CH4/c1-4(2)3;/h3H2,1-2H3;1H4. The SMILES string of the molecule is C.CN(C)N. The fraction of sp³-hybridized carbons (Fsp3) is 1.00. The van der Waals surface area contributed by atoms with Gasteiger partial charge in [0.05, 0.1) is 0 Å². The van der Waals surface area contributed by atoms with Gasteiger partial charge < -0.3 is 0 Å². The molecular formula is C3H12N2. The molecule has 0 saturated heterocycles. The average molecular weight is 76.1 g/mol. The van der Waals surface area contributed by atoms with Crippen molar-refractivity contribution in [2.45, 2.75) is 7.43 Å². The van der Waals surface area contributed by atoms with Gasteiger partial charge in [-0.3, -0.25) is 10.9 Å². The van der Waals surface area contributed by atoms with Crippen molar-refractivity contribution in [3.05, 3.63) is 0 Å². The van der Waals surface area contributed by atoms with E-state index in [1.807, 2.05) is 0 Å². The van der Waals surface area contributed by atoms with Crippen molar-refractivity contribution in [2.24, 2.45) is 5.84 Å². The number of nitrogens with zero attached hydrogens (tertiary/aromatic N) is 1. The summed E-state index contributed by atoms with van der Waals surface area (Å²) in [4.78, 5) is 0. The molecule has 0 radical (unpaired) electrons. The van der Waals surface area contributed by atoms with Gasteiger partial charge in [0.2, 0.25) is 0 Å². The first-order valence-corrected chi connectivity index (χ1v) is 1.15. The zero-order valence-corrected chi connectivity index (χ0v) is 3.02. The van der Waals surface area contributed by atoms with Gasteiger partial charge in [-0.15, -0.1) is 0 Å². The molecule has 5 heavy (non-hydrogen) atoms. The summed E-state index contributed by atoms with van der Waals surface area (Å²) in [5.41, 5.74) is 0. The molecule has 2 nitrogen and oxygen atoms in total. The molecule has 34 valence electrons. The average Bonchev–Trinajstić information content (AvgIpc) is 0.811. The van der Waals surface area contributed by atoms with Crippen LogP contribution in [0.3, 0.4) is 0 Å². The Morgan fingerprint density at radius 3 is 1.40 bits per heavy atom. The van der Waals surface area contributed by atoms with Gasteiger partial charge in [-0.1, -0.05) is 7.43 Å². The van der Waals surface area contributed by atoms with E-state index in [4.69, 9.17) is 5.84 Å². The Bertz CT molecular complexity index is 9.61. The smallest absolute Gasteiger partial charge is 0.00105 e. The third-order valence-corrected chi connectivity index (χ3v) is 0. The van der Waals surface area contributed by atoms with Gasteiger partial charge in [-0.25, -0.2) is 0 Å². The van der Waals surface area contributed by atoms with Crippen LogP contribution in [0, 0.1) is 0 Å². The molecule has 0 unspecified atom stereocenters. The second kappa shape index (κ2) is 3.92. The Morgan fingerprint density at radius 1 is 1.40 bits per heavy atom. The fourth-order valence-corrected chi connectivity index (χ4v) is 0. The van der Waals surface area contributed by atoms with Gasteiger partial charge >= 0.3 is 0 Å². The summed E-state index contributed by atoms with van der Waals surface area (Å²) in [6, 6.07) is 0. The van der Waals surface area contributed by atoms with E-state index < -0.39 is 0 Å². The Hall–Kier alpha value is -0.0800. The maximum atomic E-state index is 4.94. The maximum Gasteiger partial charge on any atom is 0.00105 e. The molecule has 0 aliphatic carbocycles. The normalized spacial score (nSPS) is 7.20. The minimum absolute atomic E-state index is 0. The second-order valence-corrected chi connectivity index (χ2v) is 0.964. The fourth-order valence-electron chi connectivity index (χ4n) is 0. The predicted molar refractivity (Wildman–Crippen MR) is 24.6 cm³/mol. The van der Waals surface area contributed by atoms with Crippen molar-refractivity contribution < 1.29 is 0 Å². The van der Waals surface area contributed by atoms with Crippen molar-refractivity contribution in [2.75, 3.05) is 14.1 Å². The van der Waals surface area contributed by atoms with Crippen LogP contribution in [-0.2, 0) is 0 Å². The van der Waals surface area contributed by atoms with E-state index in [1.54, 1.807) is 14.1 Å². The van der Waals surface area contributed by atoms with Crippen molar-refractivity contribution in [3.8, 4) is 0 Å². The Morgan fingerprint density at radius 2 is 1.40 bits per heavy atom. The van der Waals surface area contributed by atoms with Crippen molar-refractivity contribution in [1.82, 2.24) is 5.01 Å². The van der Waals surface area contributed by atoms with Gasteiger partial charge in [0.1, 0.15) is 0 Å².